The molecule has 0 aromatic heterocycles. The Kier molecular flexibility index (Phi) is 6.53. The molecular weight excluding hydrogens is 358 g/mol. The van der Waals surface area contributed by atoms with Crippen molar-refractivity contribution in [3.05, 3.63) is 89.5 Å². The molecule has 0 radical (unpaired) electrons. The summed E-state index contributed by atoms with van der Waals surface area (Å²) in [6, 6.07) is 17.3. The van der Waals surface area contributed by atoms with E-state index in [1.54, 1.807) is 30.3 Å². The maximum atomic E-state index is 14.4. The molecule has 144 valence electrons. The second-order valence-corrected chi connectivity index (χ2v) is 6.69. The summed E-state index contributed by atoms with van der Waals surface area (Å²) in [6.45, 7) is 2.16. The van der Waals surface area contributed by atoms with Crippen LogP contribution < -0.4 is 4.74 Å². The largest absolute Gasteiger partial charge is 0.423 e. The van der Waals surface area contributed by atoms with Gasteiger partial charge in [-0.2, -0.15) is 0 Å². The van der Waals surface area contributed by atoms with Crippen LogP contribution in [-0.2, 0) is 6.42 Å². The Morgan fingerprint density at radius 3 is 2.18 bits per heavy atom. The summed E-state index contributed by atoms with van der Waals surface area (Å²) in [5.74, 6) is -1.41. The summed E-state index contributed by atoms with van der Waals surface area (Å²) in [7, 11) is 0. The minimum Gasteiger partial charge on any atom is -0.423 e. The molecular formula is C24H22F2O2. The van der Waals surface area contributed by atoms with E-state index in [0.717, 1.165) is 12.8 Å². The second kappa shape index (κ2) is 9.27. The van der Waals surface area contributed by atoms with Crippen LogP contribution in [0.3, 0.4) is 0 Å². The predicted octanol–water partition coefficient (Wildman–Crippen LogP) is 6.58. The van der Waals surface area contributed by atoms with Crippen molar-refractivity contribution in [3.8, 4) is 16.9 Å². The second-order valence-electron chi connectivity index (χ2n) is 6.69. The van der Waals surface area contributed by atoms with Crippen LogP contribution in [0, 0.1) is 11.6 Å². The van der Waals surface area contributed by atoms with E-state index in [9.17, 15) is 13.6 Å². The third kappa shape index (κ3) is 5.03. The quantitative estimate of drug-likeness (QED) is 0.263. The zero-order chi connectivity index (χ0) is 19.9. The number of aryl methyl sites for hydroxylation is 1. The summed E-state index contributed by atoms with van der Waals surface area (Å²) in [5, 5.41) is 0. The molecule has 2 nitrogen and oxygen atoms in total. The van der Waals surface area contributed by atoms with E-state index in [1.165, 1.54) is 42.7 Å². The highest BCUT2D eigenvalue weighted by atomic mass is 19.1. The van der Waals surface area contributed by atoms with E-state index in [-0.39, 0.29) is 11.4 Å². The van der Waals surface area contributed by atoms with Crippen molar-refractivity contribution in [2.75, 3.05) is 0 Å². The first-order valence-electron chi connectivity index (χ1n) is 9.43. The fourth-order valence-electron chi connectivity index (χ4n) is 2.97. The number of hydrogen-bond donors (Lipinski definition) is 0. The van der Waals surface area contributed by atoms with Crippen molar-refractivity contribution in [2.24, 2.45) is 0 Å². The Labute approximate surface area is 163 Å². The number of carbonyl (C=O) groups excluding carboxylic acids is 1. The van der Waals surface area contributed by atoms with Crippen LogP contribution in [0.2, 0.25) is 0 Å². The smallest absolute Gasteiger partial charge is 0.346 e. The van der Waals surface area contributed by atoms with Crippen LogP contribution in [0.25, 0.3) is 11.1 Å². The lowest BCUT2D eigenvalue weighted by Gasteiger charge is -2.08. The molecule has 0 aliphatic heterocycles. The number of hydrogen-bond acceptors (Lipinski definition) is 2. The normalized spacial score (nSPS) is 10.7. The van der Waals surface area contributed by atoms with Crippen LogP contribution in [0.4, 0.5) is 8.78 Å². The Morgan fingerprint density at radius 2 is 1.54 bits per heavy atom. The van der Waals surface area contributed by atoms with E-state index < -0.39 is 11.8 Å². The third-order valence-electron chi connectivity index (χ3n) is 4.57. The minimum absolute atomic E-state index is 0.141. The van der Waals surface area contributed by atoms with Gasteiger partial charge >= 0.3 is 5.97 Å². The van der Waals surface area contributed by atoms with Gasteiger partial charge in [0.15, 0.2) is 0 Å². The Bertz CT molecular complexity index is 932. The average Bonchev–Trinajstić information content (AvgIpc) is 2.70. The summed E-state index contributed by atoms with van der Waals surface area (Å²) >= 11 is 0. The molecule has 0 saturated heterocycles. The summed E-state index contributed by atoms with van der Waals surface area (Å²) in [6.07, 6.45) is 4.47. The molecule has 0 saturated carbocycles. The summed E-state index contributed by atoms with van der Waals surface area (Å²) in [4.78, 5) is 12.3. The van der Waals surface area contributed by atoms with Gasteiger partial charge in [-0.05, 0) is 65.9 Å². The van der Waals surface area contributed by atoms with E-state index in [2.05, 4.69) is 6.92 Å². The predicted molar refractivity (Wildman–Crippen MR) is 106 cm³/mol. The highest BCUT2D eigenvalue weighted by molar-refractivity contribution is 5.92. The molecule has 0 unspecified atom stereocenters. The monoisotopic (exact) mass is 380 g/mol. The standard InChI is InChI=1S/C24H22F2O2/c1-2-3-4-5-17-6-13-21(14-7-17)28-24(27)22-15-10-19(16-23(22)26)18-8-11-20(25)12-9-18/h6-16H,2-5H2,1H3. The van der Waals surface area contributed by atoms with Gasteiger partial charge in [-0.15, -0.1) is 0 Å². The number of rotatable bonds is 7. The number of esters is 1. The van der Waals surface area contributed by atoms with Crippen LogP contribution in [0.15, 0.2) is 66.7 Å². The molecule has 3 aromatic rings. The molecule has 0 bridgehead atoms. The van der Waals surface area contributed by atoms with Gasteiger partial charge in [-0.1, -0.05) is 50.1 Å². The van der Waals surface area contributed by atoms with Crippen molar-refractivity contribution in [2.45, 2.75) is 32.6 Å². The number of benzene rings is 3. The van der Waals surface area contributed by atoms with Crippen LogP contribution >= 0.6 is 0 Å². The number of carbonyl (C=O) groups is 1. The molecule has 0 amide bonds. The third-order valence-corrected chi connectivity index (χ3v) is 4.57. The Morgan fingerprint density at radius 1 is 0.857 bits per heavy atom. The molecule has 0 atom stereocenters. The van der Waals surface area contributed by atoms with Gasteiger partial charge in [0.2, 0.25) is 0 Å². The minimum atomic E-state index is -0.748. The molecule has 0 N–H and O–H groups in total. The molecule has 0 aliphatic carbocycles. The first-order valence-corrected chi connectivity index (χ1v) is 9.43. The highest BCUT2D eigenvalue weighted by Gasteiger charge is 2.15. The van der Waals surface area contributed by atoms with Gasteiger partial charge in [-0.25, -0.2) is 13.6 Å². The first kappa shape index (κ1) is 19.7. The SMILES string of the molecule is CCCCCc1ccc(OC(=O)c2ccc(-c3ccc(F)cc3)cc2F)cc1. The zero-order valence-corrected chi connectivity index (χ0v) is 15.8. The maximum absolute atomic E-state index is 14.4. The van der Waals surface area contributed by atoms with Crippen LogP contribution in [0.5, 0.6) is 5.75 Å². The fourth-order valence-corrected chi connectivity index (χ4v) is 2.97. The van der Waals surface area contributed by atoms with E-state index >= 15 is 0 Å². The van der Waals surface area contributed by atoms with Crippen molar-refractivity contribution >= 4 is 5.97 Å². The van der Waals surface area contributed by atoms with Gasteiger partial charge in [0.1, 0.15) is 17.4 Å². The van der Waals surface area contributed by atoms with Gasteiger partial charge < -0.3 is 4.74 Å². The first-order chi connectivity index (χ1) is 13.6. The molecule has 0 spiro atoms. The van der Waals surface area contributed by atoms with E-state index in [4.69, 9.17) is 4.74 Å². The molecule has 28 heavy (non-hydrogen) atoms. The van der Waals surface area contributed by atoms with Gasteiger partial charge in [0.05, 0.1) is 5.56 Å². The molecule has 3 rings (SSSR count). The Hall–Kier alpha value is -3.01. The van der Waals surface area contributed by atoms with Gasteiger partial charge in [0, 0.05) is 0 Å². The summed E-state index contributed by atoms with van der Waals surface area (Å²) < 4.78 is 32.8. The number of halogens is 2. The lowest BCUT2D eigenvalue weighted by molar-refractivity contribution is 0.0730. The maximum Gasteiger partial charge on any atom is 0.346 e. The van der Waals surface area contributed by atoms with Crippen molar-refractivity contribution in [3.63, 3.8) is 0 Å². The lowest BCUT2D eigenvalue weighted by atomic mass is 10.0. The van der Waals surface area contributed by atoms with Crippen molar-refractivity contribution in [1.29, 1.82) is 0 Å². The highest BCUT2D eigenvalue weighted by Crippen LogP contribution is 2.23. The zero-order valence-electron chi connectivity index (χ0n) is 15.8. The number of unbranched alkanes of at least 4 members (excludes halogenated alkanes) is 2. The van der Waals surface area contributed by atoms with Gasteiger partial charge in [0.25, 0.3) is 0 Å². The average molecular weight is 380 g/mol. The molecule has 0 aliphatic rings. The van der Waals surface area contributed by atoms with Crippen LogP contribution in [0.1, 0.15) is 42.1 Å². The molecule has 4 heteroatoms. The van der Waals surface area contributed by atoms with E-state index in [0.29, 0.717) is 16.9 Å². The number of ether oxygens (including phenoxy) is 1. The van der Waals surface area contributed by atoms with Crippen molar-refractivity contribution < 1.29 is 18.3 Å². The lowest BCUT2D eigenvalue weighted by Crippen LogP contribution is -2.10. The molecule has 0 fully saturated rings. The fraction of sp³-hybridized carbons (Fsp3) is 0.208. The summed E-state index contributed by atoms with van der Waals surface area (Å²) in [5.41, 5.74) is 2.27. The van der Waals surface area contributed by atoms with E-state index in [1.807, 2.05) is 12.1 Å². The molecule has 0 heterocycles. The topological polar surface area (TPSA) is 26.3 Å². The Balaban J connectivity index is 1.68. The molecule has 3 aromatic carbocycles. The van der Waals surface area contributed by atoms with Gasteiger partial charge in [-0.3, -0.25) is 0 Å². The van der Waals surface area contributed by atoms with Crippen LogP contribution in [-0.4, -0.2) is 5.97 Å². The van der Waals surface area contributed by atoms with Crippen molar-refractivity contribution in [1.82, 2.24) is 0 Å².